The van der Waals surface area contributed by atoms with Gasteiger partial charge in [0, 0.05) is 22.2 Å². The van der Waals surface area contributed by atoms with Crippen molar-refractivity contribution in [1.82, 2.24) is 4.98 Å². The van der Waals surface area contributed by atoms with E-state index in [1.54, 1.807) is 0 Å². The molecule has 0 spiro atoms. The van der Waals surface area contributed by atoms with E-state index in [-0.39, 0.29) is 18.4 Å². The molecule has 1 heterocycles. The molecule has 0 saturated heterocycles. The van der Waals surface area contributed by atoms with Crippen molar-refractivity contribution in [2.45, 2.75) is 51.0 Å². The van der Waals surface area contributed by atoms with Crippen molar-refractivity contribution >= 4 is 22.7 Å². The number of aromatic nitrogens is 1. The largest absolute Gasteiger partial charge is 0.457 e. The number of benzene rings is 1. The molecule has 1 aromatic carbocycles. The van der Waals surface area contributed by atoms with Gasteiger partial charge in [0.05, 0.1) is 11.0 Å². The molecule has 0 radical (unpaired) electrons. The zero-order chi connectivity index (χ0) is 18.8. The third kappa shape index (κ3) is 2.63. The number of hydrogen-bond donors (Lipinski definition) is 2. The number of Topliss-reactive ketones (excluding diaryl/α,β-unsaturated/α-hetero) is 1. The van der Waals surface area contributed by atoms with E-state index in [0.29, 0.717) is 23.8 Å². The van der Waals surface area contributed by atoms with Gasteiger partial charge >= 0.3 is 5.97 Å². The molecule has 4 saturated carbocycles. The maximum absolute atomic E-state index is 13.0. The van der Waals surface area contributed by atoms with Crippen LogP contribution in [0.2, 0.25) is 0 Å². The Morgan fingerprint density at radius 1 is 1.19 bits per heavy atom. The Hall–Kier alpha value is -2.14. The van der Waals surface area contributed by atoms with E-state index in [1.807, 2.05) is 31.2 Å². The predicted octanol–water partition coefficient (Wildman–Crippen LogP) is 3.53. The van der Waals surface area contributed by atoms with Crippen LogP contribution in [0.25, 0.3) is 10.9 Å². The van der Waals surface area contributed by atoms with Gasteiger partial charge in [-0.05, 0) is 63.4 Å². The monoisotopic (exact) mass is 367 g/mol. The molecule has 4 fully saturated rings. The van der Waals surface area contributed by atoms with E-state index >= 15 is 0 Å². The summed E-state index contributed by atoms with van der Waals surface area (Å²) >= 11 is 0. The number of para-hydroxylation sites is 1. The van der Waals surface area contributed by atoms with Crippen LogP contribution in [0.4, 0.5) is 0 Å². The summed E-state index contributed by atoms with van der Waals surface area (Å²) in [4.78, 5) is 29.0. The quantitative estimate of drug-likeness (QED) is 0.640. The van der Waals surface area contributed by atoms with Crippen molar-refractivity contribution in [1.29, 1.82) is 0 Å². The van der Waals surface area contributed by atoms with Crippen molar-refractivity contribution in [2.24, 2.45) is 17.3 Å². The van der Waals surface area contributed by atoms with E-state index in [1.165, 1.54) is 0 Å². The van der Waals surface area contributed by atoms with Gasteiger partial charge in [0.15, 0.2) is 6.61 Å². The van der Waals surface area contributed by atoms with Crippen molar-refractivity contribution in [2.75, 3.05) is 6.61 Å². The minimum atomic E-state index is -0.708. The highest BCUT2D eigenvalue weighted by Gasteiger charge is 2.60. The number of aliphatic hydroxyl groups is 1. The molecule has 5 nitrogen and oxygen atoms in total. The van der Waals surface area contributed by atoms with Crippen LogP contribution in [0, 0.1) is 24.2 Å². The summed E-state index contributed by atoms with van der Waals surface area (Å²) in [6.07, 6.45) is 4.82. The van der Waals surface area contributed by atoms with Crippen molar-refractivity contribution in [3.05, 3.63) is 35.5 Å². The smallest absolute Gasteiger partial charge is 0.312 e. The fraction of sp³-hybridized carbons (Fsp3) is 0.545. The average Bonchev–Trinajstić information content (AvgIpc) is 2.93. The maximum atomic E-state index is 13.0. The number of rotatable bonds is 4. The van der Waals surface area contributed by atoms with Gasteiger partial charge in [0.2, 0.25) is 5.78 Å². The van der Waals surface area contributed by atoms with Crippen LogP contribution in [0.15, 0.2) is 24.3 Å². The fourth-order valence-electron chi connectivity index (χ4n) is 6.45. The standard InChI is InChI=1S/C22H25NO4/c1-13-19(16-4-2-3-5-17(16)23-13)18(24)11-27-20(25)21-7-14-6-15(8-21)10-22(26,9-14)12-21/h2-5,14-15,23,26H,6-12H2,1H3. The average molecular weight is 367 g/mol. The lowest BCUT2D eigenvalue weighted by Crippen LogP contribution is -2.58. The number of fused-ring (bicyclic) bond motifs is 1. The molecule has 2 unspecified atom stereocenters. The second kappa shape index (κ2) is 5.68. The summed E-state index contributed by atoms with van der Waals surface area (Å²) in [5.41, 5.74) is 1.01. The molecule has 6 rings (SSSR count). The second-order valence-electron chi connectivity index (χ2n) is 9.14. The number of carbonyl (C=O) groups excluding carboxylic acids is 2. The molecule has 27 heavy (non-hydrogen) atoms. The Morgan fingerprint density at radius 3 is 2.59 bits per heavy atom. The maximum Gasteiger partial charge on any atom is 0.312 e. The van der Waals surface area contributed by atoms with Gasteiger partial charge in [-0.3, -0.25) is 9.59 Å². The Labute approximate surface area is 158 Å². The van der Waals surface area contributed by atoms with E-state index < -0.39 is 11.0 Å². The zero-order valence-electron chi connectivity index (χ0n) is 15.6. The first-order chi connectivity index (χ1) is 12.9. The predicted molar refractivity (Wildman–Crippen MR) is 100 cm³/mol. The summed E-state index contributed by atoms with van der Waals surface area (Å²) in [6, 6.07) is 7.66. The van der Waals surface area contributed by atoms with Gasteiger partial charge in [0.25, 0.3) is 0 Å². The highest BCUT2D eigenvalue weighted by molar-refractivity contribution is 6.10. The van der Waals surface area contributed by atoms with Gasteiger partial charge in [-0.25, -0.2) is 0 Å². The molecule has 4 aliphatic rings. The third-order valence-corrected chi connectivity index (χ3v) is 6.97. The molecule has 1 aromatic heterocycles. The van der Waals surface area contributed by atoms with Gasteiger partial charge in [0.1, 0.15) is 0 Å². The summed E-state index contributed by atoms with van der Waals surface area (Å²) in [5.74, 6) is 0.355. The second-order valence-corrected chi connectivity index (χ2v) is 9.14. The van der Waals surface area contributed by atoms with E-state index in [4.69, 9.17) is 4.74 Å². The first kappa shape index (κ1) is 17.0. The molecular weight excluding hydrogens is 342 g/mol. The highest BCUT2D eigenvalue weighted by Crippen LogP contribution is 2.61. The lowest BCUT2D eigenvalue weighted by atomic mass is 9.48. The molecule has 4 aliphatic carbocycles. The van der Waals surface area contributed by atoms with Gasteiger partial charge in [-0.1, -0.05) is 18.2 Å². The normalized spacial score (nSPS) is 34.1. The lowest BCUT2D eigenvalue weighted by molar-refractivity contribution is -0.195. The molecule has 0 aliphatic heterocycles. The van der Waals surface area contributed by atoms with Crippen LogP contribution in [0.5, 0.6) is 0 Å². The molecule has 2 N–H and O–H groups in total. The number of esters is 1. The number of hydrogen-bond acceptors (Lipinski definition) is 4. The summed E-state index contributed by atoms with van der Waals surface area (Å²) in [7, 11) is 0. The molecular formula is C22H25NO4. The molecule has 4 bridgehead atoms. The Morgan fingerprint density at radius 2 is 1.89 bits per heavy atom. The van der Waals surface area contributed by atoms with E-state index in [2.05, 4.69) is 4.98 Å². The first-order valence-electron chi connectivity index (χ1n) is 9.88. The minimum Gasteiger partial charge on any atom is -0.457 e. The minimum absolute atomic E-state index is 0.179. The van der Waals surface area contributed by atoms with Gasteiger partial charge < -0.3 is 14.8 Å². The van der Waals surface area contributed by atoms with Crippen LogP contribution in [0.3, 0.4) is 0 Å². The van der Waals surface area contributed by atoms with E-state index in [9.17, 15) is 14.7 Å². The summed E-state index contributed by atoms with van der Waals surface area (Å²) < 4.78 is 5.55. The van der Waals surface area contributed by atoms with Crippen LogP contribution < -0.4 is 0 Å². The van der Waals surface area contributed by atoms with Crippen LogP contribution in [-0.2, 0) is 9.53 Å². The van der Waals surface area contributed by atoms with Crippen LogP contribution >= 0.6 is 0 Å². The number of carbonyl (C=O) groups is 2. The van der Waals surface area contributed by atoms with Crippen LogP contribution in [0.1, 0.15) is 54.6 Å². The van der Waals surface area contributed by atoms with Crippen molar-refractivity contribution in [3.8, 4) is 0 Å². The molecule has 2 atom stereocenters. The Kier molecular flexibility index (Phi) is 3.57. The highest BCUT2D eigenvalue weighted by atomic mass is 16.5. The van der Waals surface area contributed by atoms with Crippen molar-refractivity contribution < 1.29 is 19.4 Å². The third-order valence-electron chi connectivity index (χ3n) is 6.97. The number of aryl methyl sites for hydroxylation is 1. The molecule has 5 heteroatoms. The van der Waals surface area contributed by atoms with Gasteiger partial charge in [-0.2, -0.15) is 0 Å². The van der Waals surface area contributed by atoms with Gasteiger partial charge in [-0.15, -0.1) is 0 Å². The Bertz CT molecular complexity index is 929. The van der Waals surface area contributed by atoms with E-state index in [0.717, 1.165) is 48.7 Å². The summed E-state index contributed by atoms with van der Waals surface area (Å²) in [5, 5.41) is 11.7. The number of aromatic amines is 1. The fourth-order valence-corrected chi connectivity index (χ4v) is 6.45. The number of ketones is 1. The lowest BCUT2D eigenvalue weighted by Gasteiger charge is -2.58. The molecule has 0 amide bonds. The molecule has 142 valence electrons. The van der Waals surface area contributed by atoms with Crippen molar-refractivity contribution in [3.63, 3.8) is 0 Å². The topological polar surface area (TPSA) is 79.4 Å². The number of ether oxygens (including phenoxy) is 1. The zero-order valence-corrected chi connectivity index (χ0v) is 15.6. The van der Waals surface area contributed by atoms with Crippen LogP contribution in [-0.4, -0.2) is 34.1 Å². The first-order valence-corrected chi connectivity index (χ1v) is 9.88. The Balaban J connectivity index is 1.33. The SMILES string of the molecule is Cc1[nH]c2ccccc2c1C(=O)COC(=O)C12CC3CC(CC(O)(C3)C1)C2. The number of nitrogens with one attached hydrogen (secondary N) is 1. The summed E-state index contributed by atoms with van der Waals surface area (Å²) in [6.45, 7) is 1.63. The number of H-pyrrole nitrogens is 1. The molecule has 2 aromatic rings.